The second-order valence-corrected chi connectivity index (χ2v) is 6.01. The Bertz CT molecular complexity index is 709. The van der Waals surface area contributed by atoms with Crippen molar-refractivity contribution in [1.82, 2.24) is 0 Å². The van der Waals surface area contributed by atoms with Crippen molar-refractivity contribution in [2.45, 2.75) is 0 Å². The van der Waals surface area contributed by atoms with E-state index in [0.717, 1.165) is 27.2 Å². The van der Waals surface area contributed by atoms with Crippen LogP contribution in [0.1, 0.15) is 5.56 Å². The minimum absolute atomic E-state index is 0.172. The molecule has 0 radical (unpaired) electrons. The molecule has 0 fully saturated rings. The summed E-state index contributed by atoms with van der Waals surface area (Å²) in [5, 5.41) is 2.83. The standard InChI is InChI=1S/C18H19BrN2O2/c1-21(2)15-8-6-14(7-9-15)20-18(22)11-5-13-4-10-17(23-3)16(19)12-13/h4-12H,1-3H3,(H,20,22). The molecule has 0 aromatic heterocycles. The minimum atomic E-state index is -0.172. The van der Waals surface area contributed by atoms with Gasteiger partial charge in [-0.3, -0.25) is 4.79 Å². The number of ether oxygens (including phenoxy) is 1. The van der Waals surface area contributed by atoms with Gasteiger partial charge in [0, 0.05) is 31.5 Å². The molecule has 1 amide bonds. The summed E-state index contributed by atoms with van der Waals surface area (Å²) in [5.74, 6) is 0.585. The van der Waals surface area contributed by atoms with Crippen LogP contribution in [0.5, 0.6) is 5.75 Å². The van der Waals surface area contributed by atoms with Crippen LogP contribution in [0.3, 0.4) is 0 Å². The second-order valence-electron chi connectivity index (χ2n) is 5.16. The van der Waals surface area contributed by atoms with Crippen molar-refractivity contribution in [2.24, 2.45) is 0 Å². The summed E-state index contributed by atoms with van der Waals surface area (Å²) < 4.78 is 6.03. The van der Waals surface area contributed by atoms with Gasteiger partial charge in [0.2, 0.25) is 5.91 Å². The van der Waals surface area contributed by atoms with Crippen LogP contribution in [0, 0.1) is 0 Å². The van der Waals surface area contributed by atoms with E-state index in [2.05, 4.69) is 21.2 Å². The fourth-order valence-electron chi connectivity index (χ4n) is 1.99. The fourth-order valence-corrected chi connectivity index (χ4v) is 2.54. The molecule has 0 spiro atoms. The first-order valence-electron chi connectivity index (χ1n) is 7.09. The van der Waals surface area contributed by atoms with Crippen molar-refractivity contribution >= 4 is 39.3 Å². The number of nitrogens with zero attached hydrogens (tertiary/aromatic N) is 1. The lowest BCUT2D eigenvalue weighted by Crippen LogP contribution is -2.10. The molecule has 5 heteroatoms. The van der Waals surface area contributed by atoms with Crippen LogP contribution in [0.4, 0.5) is 11.4 Å². The zero-order valence-corrected chi connectivity index (χ0v) is 14.9. The number of hydrogen-bond donors (Lipinski definition) is 1. The number of carbonyl (C=O) groups is 1. The number of benzene rings is 2. The van der Waals surface area contributed by atoms with Crippen LogP contribution in [0.25, 0.3) is 6.08 Å². The Labute approximate surface area is 144 Å². The number of carbonyl (C=O) groups excluding carboxylic acids is 1. The van der Waals surface area contributed by atoms with Gasteiger partial charge in [-0.2, -0.15) is 0 Å². The van der Waals surface area contributed by atoms with Gasteiger partial charge in [-0.15, -0.1) is 0 Å². The van der Waals surface area contributed by atoms with E-state index in [4.69, 9.17) is 4.74 Å². The Balaban J connectivity index is 2.00. The third kappa shape index (κ3) is 4.86. The Morgan fingerprint density at radius 1 is 1.17 bits per heavy atom. The molecule has 2 aromatic rings. The van der Waals surface area contributed by atoms with Crippen LogP contribution < -0.4 is 15.0 Å². The van der Waals surface area contributed by atoms with Crippen LogP contribution in [-0.4, -0.2) is 27.1 Å². The molecule has 1 N–H and O–H groups in total. The number of anilines is 2. The molecule has 0 bridgehead atoms. The maximum Gasteiger partial charge on any atom is 0.248 e. The Hall–Kier alpha value is -2.27. The summed E-state index contributed by atoms with van der Waals surface area (Å²) in [4.78, 5) is 14.0. The van der Waals surface area contributed by atoms with E-state index in [9.17, 15) is 4.79 Å². The molecule has 0 saturated heterocycles. The van der Waals surface area contributed by atoms with Gasteiger partial charge in [-0.05, 0) is 64.0 Å². The van der Waals surface area contributed by atoms with Gasteiger partial charge < -0.3 is 15.0 Å². The molecule has 23 heavy (non-hydrogen) atoms. The summed E-state index contributed by atoms with van der Waals surface area (Å²) in [6.07, 6.45) is 3.27. The molecular weight excluding hydrogens is 356 g/mol. The van der Waals surface area contributed by atoms with E-state index in [0.29, 0.717) is 0 Å². The Kier molecular flexibility index (Phi) is 5.82. The van der Waals surface area contributed by atoms with E-state index >= 15 is 0 Å². The maximum absolute atomic E-state index is 12.0. The van der Waals surface area contributed by atoms with Crippen molar-refractivity contribution in [3.05, 3.63) is 58.6 Å². The van der Waals surface area contributed by atoms with Crippen molar-refractivity contribution in [3.8, 4) is 5.75 Å². The molecule has 0 aliphatic rings. The number of amides is 1. The summed E-state index contributed by atoms with van der Waals surface area (Å²) in [7, 11) is 5.57. The lowest BCUT2D eigenvalue weighted by molar-refractivity contribution is -0.111. The van der Waals surface area contributed by atoms with Gasteiger partial charge in [0.1, 0.15) is 5.75 Å². The molecule has 2 rings (SSSR count). The van der Waals surface area contributed by atoms with Gasteiger partial charge in [-0.25, -0.2) is 0 Å². The highest BCUT2D eigenvalue weighted by atomic mass is 79.9. The van der Waals surface area contributed by atoms with E-state index in [-0.39, 0.29) is 5.91 Å². The maximum atomic E-state index is 12.0. The Morgan fingerprint density at radius 2 is 1.87 bits per heavy atom. The van der Waals surface area contributed by atoms with Crippen molar-refractivity contribution in [2.75, 3.05) is 31.4 Å². The number of halogens is 1. The van der Waals surface area contributed by atoms with E-state index in [1.165, 1.54) is 6.08 Å². The molecule has 0 saturated carbocycles. The highest BCUT2D eigenvalue weighted by Crippen LogP contribution is 2.26. The quantitative estimate of drug-likeness (QED) is 0.798. The average Bonchev–Trinajstić information content (AvgIpc) is 2.53. The van der Waals surface area contributed by atoms with Crippen LogP contribution in [0.2, 0.25) is 0 Å². The van der Waals surface area contributed by atoms with Gasteiger partial charge >= 0.3 is 0 Å². The van der Waals surface area contributed by atoms with Crippen molar-refractivity contribution in [1.29, 1.82) is 0 Å². The predicted molar refractivity (Wildman–Crippen MR) is 99.1 cm³/mol. The van der Waals surface area contributed by atoms with E-state index in [1.807, 2.05) is 61.5 Å². The van der Waals surface area contributed by atoms with Crippen LogP contribution in [-0.2, 0) is 4.79 Å². The largest absolute Gasteiger partial charge is 0.496 e. The summed E-state index contributed by atoms with van der Waals surface area (Å²) in [6, 6.07) is 13.3. The van der Waals surface area contributed by atoms with Gasteiger partial charge in [-0.1, -0.05) is 6.07 Å². The highest BCUT2D eigenvalue weighted by molar-refractivity contribution is 9.10. The van der Waals surface area contributed by atoms with Crippen LogP contribution in [0.15, 0.2) is 53.0 Å². The fraction of sp³-hybridized carbons (Fsp3) is 0.167. The monoisotopic (exact) mass is 374 g/mol. The smallest absolute Gasteiger partial charge is 0.248 e. The normalized spacial score (nSPS) is 10.6. The number of methoxy groups -OCH3 is 1. The van der Waals surface area contributed by atoms with E-state index in [1.54, 1.807) is 13.2 Å². The third-order valence-electron chi connectivity index (χ3n) is 3.25. The number of hydrogen-bond acceptors (Lipinski definition) is 3. The molecular formula is C18H19BrN2O2. The first-order chi connectivity index (χ1) is 11.0. The average molecular weight is 375 g/mol. The molecule has 0 aliphatic carbocycles. The number of nitrogens with one attached hydrogen (secondary N) is 1. The van der Waals surface area contributed by atoms with Crippen LogP contribution >= 0.6 is 15.9 Å². The summed E-state index contributed by atoms with van der Waals surface area (Å²) >= 11 is 3.42. The SMILES string of the molecule is COc1ccc(C=CC(=O)Nc2ccc(N(C)C)cc2)cc1Br. The molecule has 2 aromatic carbocycles. The van der Waals surface area contributed by atoms with Gasteiger partial charge in [0.05, 0.1) is 11.6 Å². The summed E-state index contributed by atoms with van der Waals surface area (Å²) in [5.41, 5.74) is 2.76. The van der Waals surface area contributed by atoms with Gasteiger partial charge in [0.25, 0.3) is 0 Å². The zero-order chi connectivity index (χ0) is 16.8. The first-order valence-corrected chi connectivity index (χ1v) is 7.89. The molecule has 0 atom stereocenters. The molecule has 4 nitrogen and oxygen atoms in total. The zero-order valence-electron chi connectivity index (χ0n) is 13.3. The predicted octanol–water partition coefficient (Wildman–Crippen LogP) is 4.18. The Morgan fingerprint density at radius 3 is 2.43 bits per heavy atom. The molecule has 0 aliphatic heterocycles. The van der Waals surface area contributed by atoms with E-state index < -0.39 is 0 Å². The summed E-state index contributed by atoms with van der Waals surface area (Å²) in [6.45, 7) is 0. The molecule has 120 valence electrons. The lowest BCUT2D eigenvalue weighted by atomic mass is 10.2. The van der Waals surface area contributed by atoms with Crippen molar-refractivity contribution < 1.29 is 9.53 Å². The third-order valence-corrected chi connectivity index (χ3v) is 3.87. The second kappa shape index (κ2) is 7.83. The number of rotatable bonds is 5. The topological polar surface area (TPSA) is 41.6 Å². The highest BCUT2D eigenvalue weighted by Gasteiger charge is 2.01. The minimum Gasteiger partial charge on any atom is -0.496 e. The van der Waals surface area contributed by atoms with Crippen molar-refractivity contribution in [3.63, 3.8) is 0 Å². The first kappa shape index (κ1) is 17.1. The molecule has 0 unspecified atom stereocenters. The van der Waals surface area contributed by atoms with Gasteiger partial charge in [0.15, 0.2) is 0 Å². The molecule has 0 heterocycles. The lowest BCUT2D eigenvalue weighted by Gasteiger charge is -2.12.